The molecular weight excluding hydrogens is 256 g/mol. The molecule has 3 nitrogen and oxygen atoms in total. The first kappa shape index (κ1) is 10.1. The van der Waals surface area contributed by atoms with Crippen molar-refractivity contribution in [2.75, 3.05) is 0 Å². The summed E-state index contributed by atoms with van der Waals surface area (Å²) in [5.41, 5.74) is 2.32. The van der Waals surface area contributed by atoms with E-state index in [4.69, 9.17) is 0 Å². The quantitative estimate of drug-likeness (QED) is 0.782. The molecule has 0 amide bonds. The van der Waals surface area contributed by atoms with Gasteiger partial charge in [0.15, 0.2) is 6.29 Å². The van der Waals surface area contributed by atoms with Crippen LogP contribution in [0.2, 0.25) is 0 Å². The third kappa shape index (κ3) is 1.85. The van der Waals surface area contributed by atoms with E-state index < -0.39 is 0 Å². The molecule has 1 aromatic carbocycles. The summed E-state index contributed by atoms with van der Waals surface area (Å²) in [5.74, 6) is 0. The van der Waals surface area contributed by atoms with Crippen LogP contribution in [0.15, 0.2) is 34.9 Å². The average molecular weight is 265 g/mol. The van der Waals surface area contributed by atoms with Crippen LogP contribution in [0, 0.1) is 6.92 Å². The van der Waals surface area contributed by atoms with Crippen molar-refractivity contribution in [2.45, 2.75) is 6.92 Å². The fraction of sp³-hybridized carbons (Fsp3) is 0.0909. The molecule has 4 heteroatoms. The molecule has 0 bridgehead atoms. The third-order valence-corrected chi connectivity index (χ3v) is 2.81. The number of benzene rings is 1. The number of nitrogens with zero attached hydrogens (tertiary/aromatic N) is 2. The Morgan fingerprint density at radius 3 is 2.80 bits per heavy atom. The highest BCUT2D eigenvalue weighted by molar-refractivity contribution is 9.10. The normalized spacial score (nSPS) is 10.3. The predicted molar refractivity (Wildman–Crippen MR) is 61.4 cm³/mol. The van der Waals surface area contributed by atoms with Crippen LogP contribution in [0.4, 0.5) is 0 Å². The van der Waals surface area contributed by atoms with Crippen molar-refractivity contribution >= 4 is 22.2 Å². The second-order valence-electron chi connectivity index (χ2n) is 3.19. The molecule has 0 spiro atoms. The molecule has 0 aliphatic heterocycles. The van der Waals surface area contributed by atoms with Gasteiger partial charge in [-0.3, -0.25) is 4.79 Å². The number of aromatic nitrogens is 2. The number of hydrogen-bond donors (Lipinski definition) is 0. The van der Waals surface area contributed by atoms with Gasteiger partial charge < -0.3 is 0 Å². The predicted octanol–water partition coefficient (Wildman–Crippen LogP) is 2.76. The van der Waals surface area contributed by atoms with Gasteiger partial charge in [-0.05, 0) is 41.1 Å². The van der Waals surface area contributed by atoms with E-state index >= 15 is 0 Å². The van der Waals surface area contributed by atoms with Gasteiger partial charge in [0, 0.05) is 10.7 Å². The zero-order valence-electron chi connectivity index (χ0n) is 8.14. The van der Waals surface area contributed by atoms with Crippen LogP contribution >= 0.6 is 15.9 Å². The standard InChI is InChI=1S/C11H9BrN2O/c1-8-5-6-14(13-8)11-4-2-3-10(12)9(11)7-15/h2-7H,1H3. The lowest BCUT2D eigenvalue weighted by atomic mass is 10.2. The van der Waals surface area contributed by atoms with Crippen LogP contribution < -0.4 is 0 Å². The number of hydrogen-bond acceptors (Lipinski definition) is 2. The van der Waals surface area contributed by atoms with E-state index in [1.165, 1.54) is 0 Å². The van der Waals surface area contributed by atoms with Gasteiger partial charge in [-0.1, -0.05) is 6.07 Å². The fourth-order valence-corrected chi connectivity index (χ4v) is 1.84. The van der Waals surface area contributed by atoms with Gasteiger partial charge in [0.1, 0.15) is 0 Å². The number of halogens is 1. The number of carbonyl (C=O) groups excluding carboxylic acids is 1. The highest BCUT2D eigenvalue weighted by atomic mass is 79.9. The van der Waals surface area contributed by atoms with Gasteiger partial charge in [-0.15, -0.1) is 0 Å². The minimum atomic E-state index is 0.612. The lowest BCUT2D eigenvalue weighted by molar-refractivity contribution is 0.112. The van der Waals surface area contributed by atoms with E-state index in [-0.39, 0.29) is 0 Å². The summed E-state index contributed by atoms with van der Waals surface area (Å²) in [5, 5.41) is 4.27. The lowest BCUT2D eigenvalue weighted by Crippen LogP contribution is -2.00. The Labute approximate surface area is 95.9 Å². The Balaban J connectivity index is 2.62. The Morgan fingerprint density at radius 1 is 1.40 bits per heavy atom. The SMILES string of the molecule is Cc1ccn(-c2cccc(Br)c2C=O)n1. The fourth-order valence-electron chi connectivity index (χ4n) is 1.39. The molecule has 0 radical (unpaired) electrons. The van der Waals surface area contributed by atoms with E-state index in [0.717, 1.165) is 22.1 Å². The molecule has 1 aromatic heterocycles. The molecule has 0 aliphatic rings. The van der Waals surface area contributed by atoms with Gasteiger partial charge in [0.2, 0.25) is 0 Å². The van der Waals surface area contributed by atoms with Gasteiger partial charge in [0.05, 0.1) is 16.9 Å². The molecule has 0 N–H and O–H groups in total. The Bertz CT molecular complexity index is 505. The lowest BCUT2D eigenvalue weighted by Gasteiger charge is -2.05. The second kappa shape index (κ2) is 3.98. The van der Waals surface area contributed by atoms with Crippen molar-refractivity contribution in [3.63, 3.8) is 0 Å². The van der Waals surface area contributed by atoms with Gasteiger partial charge >= 0.3 is 0 Å². The molecule has 0 atom stereocenters. The smallest absolute Gasteiger partial charge is 0.153 e. The zero-order valence-corrected chi connectivity index (χ0v) is 9.73. The first-order chi connectivity index (χ1) is 7.22. The molecule has 2 aromatic rings. The zero-order chi connectivity index (χ0) is 10.8. The summed E-state index contributed by atoms with van der Waals surface area (Å²) in [4.78, 5) is 11.0. The number of carbonyl (C=O) groups is 1. The van der Waals surface area contributed by atoms with E-state index in [1.54, 1.807) is 4.68 Å². The van der Waals surface area contributed by atoms with E-state index in [9.17, 15) is 4.79 Å². The van der Waals surface area contributed by atoms with Crippen molar-refractivity contribution in [1.29, 1.82) is 0 Å². The first-order valence-corrected chi connectivity index (χ1v) is 5.28. The molecule has 76 valence electrons. The monoisotopic (exact) mass is 264 g/mol. The largest absolute Gasteiger partial charge is 0.298 e. The molecule has 0 unspecified atom stereocenters. The summed E-state index contributed by atoms with van der Waals surface area (Å²) in [6.07, 6.45) is 2.67. The van der Waals surface area contributed by atoms with Crippen molar-refractivity contribution in [3.05, 3.63) is 46.2 Å². The minimum Gasteiger partial charge on any atom is -0.298 e. The van der Waals surface area contributed by atoms with Crippen molar-refractivity contribution in [2.24, 2.45) is 0 Å². The van der Waals surface area contributed by atoms with Crippen LogP contribution in [-0.4, -0.2) is 16.1 Å². The van der Waals surface area contributed by atoms with Gasteiger partial charge in [-0.2, -0.15) is 5.10 Å². The van der Waals surface area contributed by atoms with E-state index in [2.05, 4.69) is 21.0 Å². The van der Waals surface area contributed by atoms with Crippen LogP contribution in [0.25, 0.3) is 5.69 Å². The van der Waals surface area contributed by atoms with E-state index in [0.29, 0.717) is 5.56 Å². The maximum Gasteiger partial charge on any atom is 0.153 e. The van der Waals surface area contributed by atoms with Crippen molar-refractivity contribution in [3.8, 4) is 5.69 Å². The highest BCUT2D eigenvalue weighted by Gasteiger charge is 2.07. The molecule has 2 rings (SSSR count). The van der Waals surface area contributed by atoms with E-state index in [1.807, 2.05) is 37.4 Å². The Hall–Kier alpha value is -1.42. The molecule has 1 heterocycles. The molecule has 15 heavy (non-hydrogen) atoms. The average Bonchev–Trinajstić information content (AvgIpc) is 2.64. The highest BCUT2D eigenvalue weighted by Crippen LogP contribution is 2.21. The molecule has 0 saturated heterocycles. The number of rotatable bonds is 2. The molecule has 0 aliphatic carbocycles. The Morgan fingerprint density at radius 2 is 2.20 bits per heavy atom. The van der Waals surface area contributed by atoms with Crippen LogP contribution in [0.1, 0.15) is 16.1 Å². The summed E-state index contributed by atoms with van der Waals surface area (Å²) in [6, 6.07) is 7.48. The molecule has 0 saturated carbocycles. The second-order valence-corrected chi connectivity index (χ2v) is 4.05. The summed E-state index contributed by atoms with van der Waals surface area (Å²) < 4.78 is 2.48. The minimum absolute atomic E-state index is 0.612. The van der Waals surface area contributed by atoms with Crippen LogP contribution in [0.5, 0.6) is 0 Å². The molecular formula is C11H9BrN2O. The summed E-state index contributed by atoms with van der Waals surface area (Å²) >= 11 is 3.34. The summed E-state index contributed by atoms with van der Waals surface area (Å²) in [7, 11) is 0. The van der Waals surface area contributed by atoms with Gasteiger partial charge in [0.25, 0.3) is 0 Å². The maximum atomic E-state index is 11.0. The number of aryl methyl sites for hydroxylation is 1. The van der Waals surface area contributed by atoms with Crippen LogP contribution in [-0.2, 0) is 0 Å². The van der Waals surface area contributed by atoms with Gasteiger partial charge in [-0.25, -0.2) is 4.68 Å². The summed E-state index contributed by atoms with van der Waals surface area (Å²) in [6.45, 7) is 1.91. The number of aldehydes is 1. The first-order valence-electron chi connectivity index (χ1n) is 4.48. The van der Waals surface area contributed by atoms with Crippen molar-refractivity contribution in [1.82, 2.24) is 9.78 Å². The van der Waals surface area contributed by atoms with Crippen LogP contribution in [0.3, 0.4) is 0 Å². The maximum absolute atomic E-state index is 11.0. The third-order valence-electron chi connectivity index (χ3n) is 2.12. The van der Waals surface area contributed by atoms with Crippen molar-refractivity contribution < 1.29 is 4.79 Å². The molecule has 0 fully saturated rings. The Kier molecular flexibility index (Phi) is 2.68. The topological polar surface area (TPSA) is 34.9 Å².